The lowest BCUT2D eigenvalue weighted by atomic mass is 10.4. The zero-order chi connectivity index (χ0) is 14.7. The molecule has 0 bridgehead atoms. The lowest BCUT2D eigenvalue weighted by molar-refractivity contribution is 0.438. The molecule has 1 aliphatic rings. The van der Waals surface area contributed by atoms with Crippen LogP contribution in [0.3, 0.4) is 0 Å². The number of anilines is 2. The van der Waals surface area contributed by atoms with Crippen LogP contribution in [-0.2, 0) is 0 Å². The summed E-state index contributed by atoms with van der Waals surface area (Å²) in [4.78, 5) is 19.0. The molecule has 8 heteroatoms. The van der Waals surface area contributed by atoms with Crippen molar-refractivity contribution in [1.82, 2.24) is 19.9 Å². The zero-order valence-electron chi connectivity index (χ0n) is 11.8. The van der Waals surface area contributed by atoms with Crippen molar-refractivity contribution in [3.05, 3.63) is 24.0 Å². The number of hydrogen-bond acceptors (Lipinski definition) is 8. The fourth-order valence-electron chi connectivity index (χ4n) is 2.13. The summed E-state index contributed by atoms with van der Waals surface area (Å²) >= 11 is 0. The molecule has 2 aromatic heterocycles. The van der Waals surface area contributed by atoms with Gasteiger partial charge in [-0.05, 0) is 31.9 Å². The van der Waals surface area contributed by atoms with E-state index in [4.69, 9.17) is 10.6 Å². The van der Waals surface area contributed by atoms with Gasteiger partial charge in [0.25, 0.3) is 0 Å². The molecule has 0 amide bonds. The number of aryl methyl sites for hydroxylation is 1. The molecule has 1 saturated heterocycles. The summed E-state index contributed by atoms with van der Waals surface area (Å²) in [6, 6.07) is 3.88. The number of nitrogens with two attached hydrogens (primary N) is 1. The molecule has 3 heterocycles. The van der Waals surface area contributed by atoms with Crippen LogP contribution in [0.2, 0.25) is 0 Å². The molecular weight excluding hydrogens is 270 g/mol. The van der Waals surface area contributed by atoms with Gasteiger partial charge in [-0.1, -0.05) is 0 Å². The van der Waals surface area contributed by atoms with E-state index in [0.717, 1.165) is 31.6 Å². The van der Waals surface area contributed by atoms with Crippen molar-refractivity contribution >= 4 is 11.9 Å². The van der Waals surface area contributed by atoms with Gasteiger partial charge in [-0.25, -0.2) is 5.84 Å². The molecule has 110 valence electrons. The third kappa shape index (κ3) is 3.16. The van der Waals surface area contributed by atoms with Gasteiger partial charge >= 0.3 is 6.01 Å². The van der Waals surface area contributed by atoms with Crippen LogP contribution < -0.4 is 20.9 Å². The van der Waals surface area contributed by atoms with E-state index in [1.807, 2.05) is 19.1 Å². The maximum Gasteiger partial charge on any atom is 0.328 e. The monoisotopic (exact) mass is 287 g/mol. The van der Waals surface area contributed by atoms with E-state index < -0.39 is 0 Å². The van der Waals surface area contributed by atoms with Crippen molar-refractivity contribution in [2.75, 3.05) is 23.4 Å². The van der Waals surface area contributed by atoms with Gasteiger partial charge in [0.05, 0.1) is 6.20 Å². The predicted octanol–water partition coefficient (Wildman–Crippen LogP) is 1.25. The van der Waals surface area contributed by atoms with Gasteiger partial charge in [-0.3, -0.25) is 10.4 Å². The Morgan fingerprint density at radius 2 is 2.00 bits per heavy atom. The van der Waals surface area contributed by atoms with Crippen molar-refractivity contribution in [2.45, 2.75) is 19.8 Å². The molecule has 0 aliphatic carbocycles. The van der Waals surface area contributed by atoms with Crippen LogP contribution >= 0.6 is 0 Å². The summed E-state index contributed by atoms with van der Waals surface area (Å²) in [6.45, 7) is 3.77. The first-order valence-electron chi connectivity index (χ1n) is 6.83. The van der Waals surface area contributed by atoms with Crippen LogP contribution in [0.4, 0.5) is 11.9 Å². The Morgan fingerprint density at radius 3 is 2.67 bits per heavy atom. The second-order valence-electron chi connectivity index (χ2n) is 4.82. The normalized spacial score (nSPS) is 14.3. The molecule has 0 spiro atoms. The summed E-state index contributed by atoms with van der Waals surface area (Å²) in [5.41, 5.74) is 3.36. The van der Waals surface area contributed by atoms with Crippen molar-refractivity contribution < 1.29 is 4.74 Å². The molecule has 0 radical (unpaired) electrons. The quantitative estimate of drug-likeness (QED) is 0.640. The summed E-state index contributed by atoms with van der Waals surface area (Å²) in [7, 11) is 0. The second kappa shape index (κ2) is 5.88. The first-order chi connectivity index (χ1) is 10.2. The fourth-order valence-corrected chi connectivity index (χ4v) is 2.13. The maximum atomic E-state index is 5.63. The molecule has 2 aromatic rings. The minimum absolute atomic E-state index is 0.200. The maximum absolute atomic E-state index is 5.63. The van der Waals surface area contributed by atoms with E-state index in [1.165, 1.54) is 0 Å². The first kappa shape index (κ1) is 13.5. The fraction of sp³-hybridized carbons (Fsp3) is 0.385. The van der Waals surface area contributed by atoms with E-state index in [1.54, 1.807) is 6.20 Å². The third-order valence-electron chi connectivity index (χ3n) is 3.21. The van der Waals surface area contributed by atoms with E-state index in [2.05, 4.69) is 30.3 Å². The Labute approximate surface area is 122 Å². The SMILES string of the molecule is Cc1ccc(Oc2nc(NN)nc(N3CCCC3)n2)cn1. The van der Waals surface area contributed by atoms with Gasteiger partial charge in [-0.2, -0.15) is 15.0 Å². The average Bonchev–Trinajstić information content (AvgIpc) is 3.04. The summed E-state index contributed by atoms with van der Waals surface area (Å²) < 4.78 is 5.63. The number of aromatic nitrogens is 4. The van der Waals surface area contributed by atoms with Gasteiger partial charge in [0.1, 0.15) is 5.75 Å². The molecule has 0 saturated carbocycles. The van der Waals surface area contributed by atoms with Gasteiger partial charge in [-0.15, -0.1) is 0 Å². The molecule has 8 nitrogen and oxygen atoms in total. The van der Waals surface area contributed by atoms with E-state index >= 15 is 0 Å². The number of nitrogens with one attached hydrogen (secondary N) is 1. The van der Waals surface area contributed by atoms with Gasteiger partial charge in [0, 0.05) is 18.8 Å². The van der Waals surface area contributed by atoms with Gasteiger partial charge in [0.2, 0.25) is 11.9 Å². The summed E-state index contributed by atoms with van der Waals surface area (Å²) in [6.07, 6.45) is 3.90. The molecule has 3 rings (SSSR count). The number of hydrazine groups is 1. The molecule has 21 heavy (non-hydrogen) atoms. The highest BCUT2D eigenvalue weighted by molar-refractivity contribution is 5.39. The van der Waals surface area contributed by atoms with Crippen molar-refractivity contribution in [2.24, 2.45) is 5.84 Å². The number of rotatable bonds is 4. The summed E-state index contributed by atoms with van der Waals surface area (Å²) in [5.74, 6) is 6.84. The number of pyridine rings is 1. The van der Waals surface area contributed by atoms with Crippen LogP contribution in [0.15, 0.2) is 18.3 Å². The molecule has 1 aliphatic heterocycles. The van der Waals surface area contributed by atoms with Crippen molar-refractivity contribution in [3.63, 3.8) is 0 Å². The molecule has 1 fully saturated rings. The third-order valence-corrected chi connectivity index (χ3v) is 3.21. The van der Waals surface area contributed by atoms with E-state index in [-0.39, 0.29) is 12.0 Å². The number of hydrogen-bond donors (Lipinski definition) is 2. The Hall–Kier alpha value is -2.48. The largest absolute Gasteiger partial charge is 0.422 e. The summed E-state index contributed by atoms with van der Waals surface area (Å²) in [5, 5.41) is 0. The highest BCUT2D eigenvalue weighted by Gasteiger charge is 2.18. The van der Waals surface area contributed by atoms with Crippen LogP contribution in [0.1, 0.15) is 18.5 Å². The van der Waals surface area contributed by atoms with Crippen LogP contribution in [-0.4, -0.2) is 33.0 Å². The molecular formula is C13H17N7O. The Kier molecular flexibility index (Phi) is 3.78. The molecule has 0 unspecified atom stereocenters. The van der Waals surface area contributed by atoms with Crippen molar-refractivity contribution in [3.8, 4) is 11.8 Å². The number of ether oxygens (including phenoxy) is 1. The molecule has 0 aromatic carbocycles. The highest BCUT2D eigenvalue weighted by atomic mass is 16.5. The van der Waals surface area contributed by atoms with E-state index in [9.17, 15) is 0 Å². The van der Waals surface area contributed by atoms with Crippen LogP contribution in [0.25, 0.3) is 0 Å². The minimum atomic E-state index is 0.200. The zero-order valence-corrected chi connectivity index (χ0v) is 11.8. The Balaban J connectivity index is 1.86. The second-order valence-corrected chi connectivity index (χ2v) is 4.82. The van der Waals surface area contributed by atoms with Crippen LogP contribution in [0.5, 0.6) is 11.8 Å². The first-order valence-corrected chi connectivity index (χ1v) is 6.83. The standard InChI is InChI=1S/C13H17N7O/c1-9-4-5-10(8-15-9)21-13-17-11(19-14)16-12(18-13)20-6-2-3-7-20/h4-5,8H,2-3,6-7,14H2,1H3,(H,16,17,18,19). The lowest BCUT2D eigenvalue weighted by Gasteiger charge is -2.16. The Bertz CT molecular complexity index is 610. The van der Waals surface area contributed by atoms with E-state index in [0.29, 0.717) is 11.7 Å². The van der Waals surface area contributed by atoms with Crippen LogP contribution in [0, 0.1) is 6.92 Å². The van der Waals surface area contributed by atoms with Crippen molar-refractivity contribution in [1.29, 1.82) is 0 Å². The Morgan fingerprint density at radius 1 is 1.19 bits per heavy atom. The topological polar surface area (TPSA) is 102 Å². The lowest BCUT2D eigenvalue weighted by Crippen LogP contribution is -2.22. The molecule has 0 atom stereocenters. The molecule has 3 N–H and O–H groups in total. The van der Waals surface area contributed by atoms with Gasteiger partial charge < -0.3 is 9.64 Å². The van der Waals surface area contributed by atoms with Gasteiger partial charge in [0.15, 0.2) is 0 Å². The number of nitrogen functional groups attached to an aromatic ring is 1. The minimum Gasteiger partial charge on any atom is -0.422 e. The highest BCUT2D eigenvalue weighted by Crippen LogP contribution is 2.22. The smallest absolute Gasteiger partial charge is 0.328 e. The number of nitrogens with zero attached hydrogens (tertiary/aromatic N) is 5. The average molecular weight is 287 g/mol. The predicted molar refractivity (Wildman–Crippen MR) is 78.1 cm³/mol.